The minimum Gasteiger partial charge on any atom is -0.632 e. The van der Waals surface area contributed by atoms with Crippen LogP contribution in [0.4, 0.5) is 0 Å². The van der Waals surface area contributed by atoms with Gasteiger partial charge in [0.15, 0.2) is 6.04 Å². The van der Waals surface area contributed by atoms with E-state index in [9.17, 15) is 15.1 Å². The molecular weight excluding hydrogens is 326 g/mol. The summed E-state index contributed by atoms with van der Waals surface area (Å²) < 4.78 is -0.478. The van der Waals surface area contributed by atoms with Crippen LogP contribution in [0.3, 0.4) is 0 Å². The van der Waals surface area contributed by atoms with E-state index in [-0.39, 0.29) is 0 Å². The van der Waals surface area contributed by atoms with Crippen molar-refractivity contribution in [3.05, 3.63) is 5.21 Å². The number of hydrogen-bond donors (Lipinski definition) is 1. The van der Waals surface area contributed by atoms with Gasteiger partial charge in [0.25, 0.3) is 0 Å². The fourth-order valence-electron chi connectivity index (χ4n) is 4.27. The Hall–Kier alpha value is -0.610. The van der Waals surface area contributed by atoms with Crippen LogP contribution >= 0.6 is 0 Å². The number of quaternary nitrogens is 1. The second-order valence-electron chi connectivity index (χ2n) is 8.35. The second kappa shape index (κ2) is 14.4. The maximum atomic E-state index is 12.6. The number of aliphatic carboxylic acids is 1. The molecule has 154 valence electrons. The molecule has 1 fully saturated rings. The number of likely N-dealkylation sites (tertiary alicyclic amines) is 1. The summed E-state index contributed by atoms with van der Waals surface area (Å²) in [5, 5.41) is 22.0. The Morgan fingerprint density at radius 2 is 1.19 bits per heavy atom. The SMILES string of the molecule is CCCCCCCCCCCCCCCCC(C(=O)O)[N+]1([O-])CCCC1. The molecule has 0 aromatic carbocycles. The molecule has 1 N–H and O–H groups in total. The van der Waals surface area contributed by atoms with Gasteiger partial charge in [0.1, 0.15) is 0 Å². The van der Waals surface area contributed by atoms with Gasteiger partial charge in [-0.2, -0.15) is 0 Å². The maximum absolute atomic E-state index is 12.6. The number of carboxylic acids is 1. The molecule has 0 aromatic heterocycles. The Kier molecular flexibility index (Phi) is 13.0. The standard InChI is InChI=1S/C22H43NO3/c1-2-3-4-5-6-7-8-9-10-11-12-13-14-15-18-21(22(24)25)23(26)19-16-17-20-23/h21H,2-20H2,1H3,(H,24,25). The summed E-state index contributed by atoms with van der Waals surface area (Å²) in [5.41, 5.74) is 0. The number of nitrogens with zero attached hydrogens (tertiary/aromatic N) is 1. The van der Waals surface area contributed by atoms with Gasteiger partial charge in [0.2, 0.25) is 0 Å². The van der Waals surface area contributed by atoms with Crippen LogP contribution < -0.4 is 0 Å². The molecule has 0 spiro atoms. The van der Waals surface area contributed by atoms with E-state index in [4.69, 9.17) is 0 Å². The summed E-state index contributed by atoms with van der Waals surface area (Å²) in [6, 6.07) is -0.727. The molecule has 0 aliphatic carbocycles. The molecule has 4 heteroatoms. The number of unbranched alkanes of at least 4 members (excludes halogenated alkanes) is 13. The number of carboxylic acid groups (broad SMARTS) is 1. The van der Waals surface area contributed by atoms with Crippen LogP contribution in [0.15, 0.2) is 0 Å². The highest BCUT2D eigenvalue weighted by Crippen LogP contribution is 2.26. The van der Waals surface area contributed by atoms with Crippen molar-refractivity contribution in [3.8, 4) is 0 Å². The van der Waals surface area contributed by atoms with Gasteiger partial charge in [0.05, 0.1) is 13.1 Å². The summed E-state index contributed by atoms with van der Waals surface area (Å²) in [4.78, 5) is 11.4. The van der Waals surface area contributed by atoms with E-state index in [2.05, 4.69) is 6.92 Å². The molecule has 0 saturated carbocycles. The second-order valence-corrected chi connectivity index (χ2v) is 8.35. The highest BCUT2D eigenvalue weighted by molar-refractivity contribution is 5.72. The normalized spacial score (nSPS) is 17.5. The van der Waals surface area contributed by atoms with E-state index in [1.807, 2.05) is 0 Å². The van der Waals surface area contributed by atoms with Crippen LogP contribution in [-0.2, 0) is 4.79 Å². The molecule has 26 heavy (non-hydrogen) atoms. The van der Waals surface area contributed by atoms with Crippen molar-refractivity contribution in [1.29, 1.82) is 0 Å². The maximum Gasteiger partial charge on any atom is 0.362 e. The van der Waals surface area contributed by atoms with Gasteiger partial charge in [-0.3, -0.25) is 0 Å². The first-order valence-corrected chi connectivity index (χ1v) is 11.4. The summed E-state index contributed by atoms with van der Waals surface area (Å²) in [5.74, 6) is -0.892. The lowest BCUT2D eigenvalue weighted by Gasteiger charge is -2.43. The van der Waals surface area contributed by atoms with Gasteiger partial charge in [-0.1, -0.05) is 90.4 Å². The Balaban J connectivity index is 1.91. The number of hydroxylamine groups is 3. The summed E-state index contributed by atoms with van der Waals surface area (Å²) >= 11 is 0. The van der Waals surface area contributed by atoms with Gasteiger partial charge in [-0.15, -0.1) is 0 Å². The minimum atomic E-state index is -0.892. The van der Waals surface area contributed by atoms with E-state index in [0.29, 0.717) is 19.5 Å². The molecule has 1 unspecified atom stereocenters. The molecule has 1 atom stereocenters. The Bertz CT molecular complexity index is 353. The van der Waals surface area contributed by atoms with E-state index in [1.165, 1.54) is 77.0 Å². The van der Waals surface area contributed by atoms with Gasteiger partial charge < -0.3 is 15.0 Å². The van der Waals surface area contributed by atoms with Gasteiger partial charge >= 0.3 is 5.97 Å². The quantitative estimate of drug-likeness (QED) is 0.183. The predicted molar refractivity (Wildman–Crippen MR) is 109 cm³/mol. The molecule has 1 saturated heterocycles. The van der Waals surface area contributed by atoms with Gasteiger partial charge in [0, 0.05) is 19.3 Å². The largest absolute Gasteiger partial charge is 0.632 e. The van der Waals surface area contributed by atoms with Crippen molar-refractivity contribution in [2.45, 2.75) is 122 Å². The molecule has 0 radical (unpaired) electrons. The summed E-state index contributed by atoms with van der Waals surface area (Å²) in [6.45, 7) is 3.25. The lowest BCUT2D eigenvalue weighted by atomic mass is 10.0. The fourth-order valence-corrected chi connectivity index (χ4v) is 4.27. The molecule has 0 aromatic rings. The smallest absolute Gasteiger partial charge is 0.362 e. The van der Waals surface area contributed by atoms with Gasteiger partial charge in [-0.05, 0) is 6.42 Å². The Labute approximate surface area is 161 Å². The summed E-state index contributed by atoms with van der Waals surface area (Å²) in [6.07, 6.45) is 20.4. The fraction of sp³-hybridized carbons (Fsp3) is 0.955. The lowest BCUT2D eigenvalue weighted by Crippen LogP contribution is -2.52. The lowest BCUT2D eigenvalue weighted by molar-refractivity contribution is -0.885. The van der Waals surface area contributed by atoms with Crippen LogP contribution in [0.2, 0.25) is 0 Å². The third-order valence-corrected chi connectivity index (χ3v) is 6.01. The third kappa shape index (κ3) is 9.91. The molecule has 4 nitrogen and oxygen atoms in total. The summed E-state index contributed by atoms with van der Waals surface area (Å²) in [7, 11) is 0. The zero-order valence-electron chi connectivity index (χ0n) is 17.2. The molecule has 1 rings (SSSR count). The van der Waals surface area contributed by atoms with Crippen molar-refractivity contribution >= 4 is 5.97 Å². The van der Waals surface area contributed by atoms with Crippen molar-refractivity contribution in [3.63, 3.8) is 0 Å². The zero-order chi connectivity index (χ0) is 19.1. The monoisotopic (exact) mass is 369 g/mol. The first kappa shape index (κ1) is 23.4. The van der Waals surface area contributed by atoms with Crippen LogP contribution in [0, 0.1) is 5.21 Å². The highest BCUT2D eigenvalue weighted by atomic mass is 16.6. The van der Waals surface area contributed by atoms with Crippen LogP contribution in [0.1, 0.15) is 116 Å². The van der Waals surface area contributed by atoms with Crippen LogP contribution in [-0.4, -0.2) is 34.9 Å². The van der Waals surface area contributed by atoms with E-state index < -0.39 is 16.7 Å². The average Bonchev–Trinajstić information content (AvgIpc) is 3.05. The van der Waals surface area contributed by atoms with Crippen molar-refractivity contribution in [2.24, 2.45) is 0 Å². The first-order valence-electron chi connectivity index (χ1n) is 11.4. The number of carbonyl (C=O) groups is 1. The Morgan fingerprint density at radius 3 is 1.58 bits per heavy atom. The van der Waals surface area contributed by atoms with Crippen molar-refractivity contribution in [2.75, 3.05) is 13.1 Å². The highest BCUT2D eigenvalue weighted by Gasteiger charge is 2.37. The number of hydrogen-bond acceptors (Lipinski definition) is 2. The Morgan fingerprint density at radius 1 is 0.808 bits per heavy atom. The van der Waals surface area contributed by atoms with Crippen molar-refractivity contribution < 1.29 is 14.5 Å². The molecule has 0 bridgehead atoms. The van der Waals surface area contributed by atoms with Crippen molar-refractivity contribution in [1.82, 2.24) is 0 Å². The average molecular weight is 370 g/mol. The predicted octanol–water partition coefficient (Wildman–Crippen LogP) is 6.42. The van der Waals surface area contributed by atoms with E-state index >= 15 is 0 Å². The third-order valence-electron chi connectivity index (χ3n) is 6.01. The molecule has 1 aliphatic heterocycles. The number of rotatable bonds is 17. The molecule has 1 heterocycles. The van der Waals surface area contributed by atoms with Gasteiger partial charge in [-0.25, -0.2) is 4.79 Å². The van der Waals surface area contributed by atoms with E-state index in [0.717, 1.165) is 25.7 Å². The topological polar surface area (TPSA) is 60.4 Å². The molecule has 1 aliphatic rings. The molecular formula is C22H43NO3. The van der Waals surface area contributed by atoms with E-state index in [1.54, 1.807) is 0 Å². The van der Waals surface area contributed by atoms with Crippen LogP contribution in [0.25, 0.3) is 0 Å². The van der Waals surface area contributed by atoms with Crippen LogP contribution in [0.5, 0.6) is 0 Å². The zero-order valence-corrected chi connectivity index (χ0v) is 17.2. The minimum absolute atomic E-state index is 0.478. The molecule has 0 amide bonds. The first-order chi connectivity index (χ1) is 12.6.